The highest BCUT2D eigenvalue weighted by atomic mass is 79.9. The molecule has 5 heteroatoms. The standard InChI is InChI=1S/C15H16BrN3O/c16-13-4-2-1-3-11(13)9-15(20)18-12-5-7-19-8-6-17-14(19)10-12/h1-4,6,8,12H,5,7,9-10H2,(H,18,20). The Labute approximate surface area is 126 Å². The first-order chi connectivity index (χ1) is 9.72. The molecular weight excluding hydrogens is 318 g/mol. The number of halogens is 1. The van der Waals surface area contributed by atoms with E-state index in [0.717, 1.165) is 35.2 Å². The van der Waals surface area contributed by atoms with Crippen molar-refractivity contribution >= 4 is 21.8 Å². The molecule has 0 radical (unpaired) electrons. The number of aromatic nitrogens is 2. The molecule has 0 spiro atoms. The average molecular weight is 334 g/mol. The molecule has 1 N–H and O–H groups in total. The highest BCUT2D eigenvalue weighted by Gasteiger charge is 2.20. The Hall–Kier alpha value is -1.62. The Balaban J connectivity index is 1.59. The first kappa shape index (κ1) is 13.4. The summed E-state index contributed by atoms with van der Waals surface area (Å²) in [5.41, 5.74) is 1.02. The summed E-state index contributed by atoms with van der Waals surface area (Å²) in [4.78, 5) is 16.4. The summed E-state index contributed by atoms with van der Waals surface area (Å²) in [7, 11) is 0. The monoisotopic (exact) mass is 333 g/mol. The third kappa shape index (κ3) is 2.93. The minimum atomic E-state index is 0.0712. The van der Waals surface area contributed by atoms with E-state index in [4.69, 9.17) is 0 Å². The second kappa shape index (κ2) is 5.79. The van der Waals surface area contributed by atoms with Gasteiger partial charge in [-0.25, -0.2) is 4.98 Å². The van der Waals surface area contributed by atoms with Crippen molar-refractivity contribution in [2.45, 2.75) is 31.8 Å². The van der Waals surface area contributed by atoms with Crippen LogP contribution in [-0.2, 0) is 24.2 Å². The van der Waals surface area contributed by atoms with Crippen molar-refractivity contribution in [2.75, 3.05) is 0 Å². The summed E-state index contributed by atoms with van der Waals surface area (Å²) in [6.07, 6.45) is 6.00. The molecule has 0 aliphatic carbocycles. The van der Waals surface area contributed by atoms with Gasteiger partial charge in [0.1, 0.15) is 5.82 Å². The largest absolute Gasteiger partial charge is 0.353 e. The number of carbonyl (C=O) groups excluding carboxylic acids is 1. The second-order valence-electron chi connectivity index (χ2n) is 5.06. The molecule has 3 rings (SSSR count). The zero-order chi connectivity index (χ0) is 13.9. The summed E-state index contributed by atoms with van der Waals surface area (Å²) in [6.45, 7) is 0.926. The van der Waals surface area contributed by atoms with E-state index in [1.807, 2.05) is 36.7 Å². The van der Waals surface area contributed by atoms with Gasteiger partial charge in [-0.15, -0.1) is 0 Å². The van der Waals surface area contributed by atoms with Crippen molar-refractivity contribution in [2.24, 2.45) is 0 Å². The van der Waals surface area contributed by atoms with Crippen LogP contribution < -0.4 is 5.32 Å². The van der Waals surface area contributed by atoms with Gasteiger partial charge in [-0.1, -0.05) is 34.1 Å². The molecular formula is C15H16BrN3O. The Kier molecular flexibility index (Phi) is 3.87. The topological polar surface area (TPSA) is 46.9 Å². The zero-order valence-electron chi connectivity index (χ0n) is 11.1. The number of rotatable bonds is 3. The number of amides is 1. The lowest BCUT2D eigenvalue weighted by Gasteiger charge is -2.24. The lowest BCUT2D eigenvalue weighted by Crippen LogP contribution is -2.40. The minimum absolute atomic E-state index is 0.0712. The lowest BCUT2D eigenvalue weighted by atomic mass is 10.1. The number of hydrogen-bond donors (Lipinski definition) is 1. The predicted molar refractivity (Wildman–Crippen MR) is 80.3 cm³/mol. The molecule has 0 saturated heterocycles. The fourth-order valence-corrected chi connectivity index (χ4v) is 2.99. The fraction of sp³-hybridized carbons (Fsp3) is 0.333. The fourth-order valence-electron chi connectivity index (χ4n) is 2.57. The van der Waals surface area contributed by atoms with Crippen LogP contribution in [0.4, 0.5) is 0 Å². The molecule has 4 nitrogen and oxygen atoms in total. The van der Waals surface area contributed by atoms with Crippen LogP contribution >= 0.6 is 15.9 Å². The molecule has 2 heterocycles. The second-order valence-corrected chi connectivity index (χ2v) is 5.92. The van der Waals surface area contributed by atoms with Crippen LogP contribution in [0.25, 0.3) is 0 Å². The SMILES string of the molecule is O=C(Cc1ccccc1Br)NC1CCn2ccnc2C1. The maximum Gasteiger partial charge on any atom is 0.224 e. The Morgan fingerprint density at radius 3 is 3.15 bits per heavy atom. The molecule has 0 saturated carbocycles. The van der Waals surface area contributed by atoms with Gasteiger partial charge in [-0.3, -0.25) is 4.79 Å². The Bertz CT molecular complexity index is 623. The molecule has 1 aliphatic rings. The van der Waals surface area contributed by atoms with Crippen LogP contribution in [-0.4, -0.2) is 21.5 Å². The van der Waals surface area contributed by atoms with Crippen molar-refractivity contribution in [1.82, 2.24) is 14.9 Å². The zero-order valence-corrected chi connectivity index (χ0v) is 12.6. The maximum atomic E-state index is 12.1. The molecule has 1 atom stereocenters. The summed E-state index contributed by atoms with van der Waals surface area (Å²) in [5.74, 6) is 1.13. The summed E-state index contributed by atoms with van der Waals surface area (Å²) in [6, 6.07) is 8.02. The Morgan fingerprint density at radius 1 is 1.45 bits per heavy atom. The normalized spacial score (nSPS) is 17.6. The number of hydrogen-bond acceptors (Lipinski definition) is 2. The first-order valence-corrected chi connectivity index (χ1v) is 7.54. The van der Waals surface area contributed by atoms with Gasteiger partial charge in [0.05, 0.1) is 6.42 Å². The summed E-state index contributed by atoms with van der Waals surface area (Å²) < 4.78 is 3.13. The van der Waals surface area contributed by atoms with Gasteiger partial charge in [0.2, 0.25) is 5.91 Å². The van der Waals surface area contributed by atoms with Crippen LogP contribution in [0, 0.1) is 0 Å². The van der Waals surface area contributed by atoms with Crippen LogP contribution in [0.15, 0.2) is 41.1 Å². The number of fused-ring (bicyclic) bond motifs is 1. The highest BCUT2D eigenvalue weighted by molar-refractivity contribution is 9.10. The quantitative estimate of drug-likeness (QED) is 0.936. The number of aryl methyl sites for hydroxylation is 1. The minimum Gasteiger partial charge on any atom is -0.353 e. The third-order valence-electron chi connectivity index (χ3n) is 3.62. The van der Waals surface area contributed by atoms with E-state index in [9.17, 15) is 4.79 Å². The van der Waals surface area contributed by atoms with Crippen molar-refractivity contribution < 1.29 is 4.79 Å². The lowest BCUT2D eigenvalue weighted by molar-refractivity contribution is -0.121. The van der Waals surface area contributed by atoms with Gasteiger partial charge in [-0.2, -0.15) is 0 Å². The molecule has 1 amide bonds. The van der Waals surface area contributed by atoms with E-state index in [1.54, 1.807) is 0 Å². The van der Waals surface area contributed by atoms with Crippen molar-refractivity contribution in [3.63, 3.8) is 0 Å². The van der Waals surface area contributed by atoms with Gasteiger partial charge in [-0.05, 0) is 18.1 Å². The number of benzene rings is 1. The highest BCUT2D eigenvalue weighted by Crippen LogP contribution is 2.17. The van der Waals surface area contributed by atoms with E-state index < -0.39 is 0 Å². The Morgan fingerprint density at radius 2 is 2.30 bits per heavy atom. The van der Waals surface area contributed by atoms with Crippen LogP contribution in [0.3, 0.4) is 0 Å². The van der Waals surface area contributed by atoms with Crippen molar-refractivity contribution in [1.29, 1.82) is 0 Å². The molecule has 1 aliphatic heterocycles. The van der Waals surface area contributed by atoms with Gasteiger partial charge in [0.25, 0.3) is 0 Å². The van der Waals surface area contributed by atoms with Gasteiger partial charge in [0, 0.05) is 35.9 Å². The van der Waals surface area contributed by atoms with E-state index in [1.165, 1.54) is 0 Å². The molecule has 20 heavy (non-hydrogen) atoms. The average Bonchev–Trinajstić information content (AvgIpc) is 2.89. The van der Waals surface area contributed by atoms with Crippen LogP contribution in [0.2, 0.25) is 0 Å². The summed E-state index contributed by atoms with van der Waals surface area (Å²) >= 11 is 3.47. The van der Waals surface area contributed by atoms with Gasteiger partial charge in [0.15, 0.2) is 0 Å². The van der Waals surface area contributed by atoms with E-state index in [-0.39, 0.29) is 11.9 Å². The molecule has 2 aromatic rings. The number of carbonyl (C=O) groups is 1. The van der Waals surface area contributed by atoms with Crippen molar-refractivity contribution in [3.05, 3.63) is 52.5 Å². The molecule has 0 fully saturated rings. The van der Waals surface area contributed by atoms with Gasteiger partial charge >= 0.3 is 0 Å². The third-order valence-corrected chi connectivity index (χ3v) is 4.40. The van der Waals surface area contributed by atoms with E-state index in [2.05, 4.69) is 30.8 Å². The maximum absolute atomic E-state index is 12.1. The molecule has 0 bridgehead atoms. The number of nitrogens with zero attached hydrogens (tertiary/aromatic N) is 2. The van der Waals surface area contributed by atoms with E-state index in [0.29, 0.717) is 6.42 Å². The van der Waals surface area contributed by atoms with E-state index >= 15 is 0 Å². The number of nitrogens with one attached hydrogen (secondary N) is 1. The van der Waals surface area contributed by atoms with Crippen molar-refractivity contribution in [3.8, 4) is 0 Å². The first-order valence-electron chi connectivity index (χ1n) is 6.75. The predicted octanol–water partition coefficient (Wildman–Crippen LogP) is 2.32. The number of imidazole rings is 1. The summed E-state index contributed by atoms with van der Waals surface area (Å²) in [5, 5.41) is 3.11. The molecule has 1 unspecified atom stereocenters. The molecule has 104 valence electrons. The smallest absolute Gasteiger partial charge is 0.224 e. The molecule has 1 aromatic carbocycles. The molecule has 1 aromatic heterocycles. The van der Waals surface area contributed by atoms with Gasteiger partial charge < -0.3 is 9.88 Å². The van der Waals surface area contributed by atoms with Crippen LogP contribution in [0.1, 0.15) is 17.8 Å². The van der Waals surface area contributed by atoms with Crippen LogP contribution in [0.5, 0.6) is 0 Å².